The SMILES string of the molecule is O=C(O)Cc1nnc2c(Nc3cccc(C(F)(F)F)c3)nc3nonc3n12. The molecule has 13 heteroatoms. The first kappa shape index (κ1) is 16.7. The fraction of sp³-hybridized carbons (Fsp3) is 0.143. The molecule has 0 aliphatic heterocycles. The summed E-state index contributed by atoms with van der Waals surface area (Å²) in [6.07, 6.45) is -4.97. The highest BCUT2D eigenvalue weighted by atomic mass is 19.4. The Balaban J connectivity index is 1.84. The number of nitrogens with zero attached hydrogens (tertiary/aromatic N) is 6. The van der Waals surface area contributed by atoms with Crippen molar-refractivity contribution in [1.82, 2.24) is 29.9 Å². The van der Waals surface area contributed by atoms with Crippen molar-refractivity contribution in [2.45, 2.75) is 12.6 Å². The van der Waals surface area contributed by atoms with Gasteiger partial charge in [0, 0.05) is 5.69 Å². The summed E-state index contributed by atoms with van der Waals surface area (Å²) in [4.78, 5) is 15.1. The maximum Gasteiger partial charge on any atom is 0.416 e. The van der Waals surface area contributed by atoms with Gasteiger partial charge in [-0.2, -0.15) is 13.2 Å². The van der Waals surface area contributed by atoms with Gasteiger partial charge < -0.3 is 10.4 Å². The van der Waals surface area contributed by atoms with E-state index in [1.54, 1.807) is 0 Å². The molecule has 0 spiro atoms. The van der Waals surface area contributed by atoms with Gasteiger partial charge >= 0.3 is 12.1 Å². The van der Waals surface area contributed by atoms with Crippen LogP contribution in [0, 0.1) is 0 Å². The van der Waals surface area contributed by atoms with Crippen molar-refractivity contribution in [1.29, 1.82) is 0 Å². The zero-order chi connectivity index (χ0) is 19.2. The largest absolute Gasteiger partial charge is 0.481 e. The van der Waals surface area contributed by atoms with E-state index in [0.717, 1.165) is 12.1 Å². The van der Waals surface area contributed by atoms with E-state index in [4.69, 9.17) is 5.11 Å². The van der Waals surface area contributed by atoms with E-state index in [2.05, 4.69) is 35.4 Å². The summed E-state index contributed by atoms with van der Waals surface area (Å²) in [7, 11) is 0. The molecular formula is C14H8F3N7O3. The van der Waals surface area contributed by atoms with Gasteiger partial charge in [0.05, 0.1) is 5.56 Å². The van der Waals surface area contributed by atoms with Gasteiger partial charge in [-0.3, -0.25) is 9.20 Å². The second-order valence-corrected chi connectivity index (χ2v) is 5.42. The third-order valence-electron chi connectivity index (χ3n) is 3.59. The van der Waals surface area contributed by atoms with Crippen LogP contribution in [0.3, 0.4) is 0 Å². The van der Waals surface area contributed by atoms with Crippen LogP contribution in [-0.2, 0) is 17.4 Å². The van der Waals surface area contributed by atoms with Crippen LogP contribution in [0.5, 0.6) is 0 Å². The van der Waals surface area contributed by atoms with Crippen LogP contribution in [-0.4, -0.2) is 41.0 Å². The van der Waals surface area contributed by atoms with Crippen molar-refractivity contribution < 1.29 is 27.7 Å². The molecule has 2 N–H and O–H groups in total. The van der Waals surface area contributed by atoms with Gasteiger partial charge in [0.2, 0.25) is 16.9 Å². The number of aromatic nitrogens is 6. The lowest BCUT2D eigenvalue weighted by Gasteiger charge is -2.10. The van der Waals surface area contributed by atoms with Crippen LogP contribution in [0.25, 0.3) is 16.9 Å². The third-order valence-corrected chi connectivity index (χ3v) is 3.59. The number of hydrogen-bond acceptors (Lipinski definition) is 8. The number of halogens is 3. The van der Waals surface area contributed by atoms with E-state index in [1.165, 1.54) is 16.5 Å². The molecule has 0 radical (unpaired) electrons. The van der Waals surface area contributed by atoms with Gasteiger partial charge in [-0.25, -0.2) is 9.61 Å². The third kappa shape index (κ3) is 2.98. The minimum atomic E-state index is -4.51. The Bertz CT molecular complexity index is 1170. The molecule has 4 rings (SSSR count). The molecule has 10 nitrogen and oxygen atoms in total. The molecule has 0 bridgehead atoms. The van der Waals surface area contributed by atoms with Gasteiger partial charge in [0.25, 0.3) is 0 Å². The summed E-state index contributed by atoms with van der Waals surface area (Å²) in [5.41, 5.74) is -0.602. The lowest BCUT2D eigenvalue weighted by Crippen LogP contribution is -2.08. The smallest absolute Gasteiger partial charge is 0.416 e. The van der Waals surface area contributed by atoms with Crippen LogP contribution in [0.15, 0.2) is 28.9 Å². The first-order chi connectivity index (χ1) is 12.8. The average molecular weight is 379 g/mol. The summed E-state index contributed by atoms with van der Waals surface area (Å²) < 4.78 is 44.6. The van der Waals surface area contributed by atoms with Gasteiger partial charge in [0.15, 0.2) is 11.6 Å². The average Bonchev–Trinajstić information content (AvgIpc) is 3.20. The predicted octanol–water partition coefficient (Wildman–Crippen LogP) is 2.05. The minimum Gasteiger partial charge on any atom is -0.481 e. The number of aliphatic carboxylic acids is 1. The zero-order valence-corrected chi connectivity index (χ0v) is 13.1. The monoisotopic (exact) mass is 379 g/mol. The lowest BCUT2D eigenvalue weighted by atomic mass is 10.2. The molecule has 0 amide bonds. The highest BCUT2D eigenvalue weighted by Gasteiger charge is 2.30. The molecule has 4 aromatic rings. The van der Waals surface area contributed by atoms with Gasteiger partial charge in [-0.1, -0.05) is 6.07 Å². The maximum atomic E-state index is 12.9. The number of benzene rings is 1. The molecule has 0 fully saturated rings. The van der Waals surface area contributed by atoms with Crippen LogP contribution >= 0.6 is 0 Å². The number of alkyl halides is 3. The Morgan fingerprint density at radius 1 is 1.22 bits per heavy atom. The van der Waals surface area contributed by atoms with E-state index in [1.807, 2.05) is 0 Å². The number of nitrogens with one attached hydrogen (secondary N) is 1. The van der Waals surface area contributed by atoms with Crippen molar-refractivity contribution in [3.05, 3.63) is 35.7 Å². The second-order valence-electron chi connectivity index (χ2n) is 5.42. The standard InChI is InChI=1S/C14H8F3N7O3/c15-14(16,17)6-2-1-3-7(4-6)18-10-12-21-20-8(5-9(25)26)24(12)13-11(19-10)22-27-23-13/h1-4H,5H2,(H,25,26)(H,18,19,22). The Morgan fingerprint density at radius 3 is 2.78 bits per heavy atom. The van der Waals surface area contributed by atoms with Gasteiger partial charge in [-0.15, -0.1) is 10.2 Å². The highest BCUT2D eigenvalue weighted by Crippen LogP contribution is 2.32. The highest BCUT2D eigenvalue weighted by molar-refractivity contribution is 5.80. The summed E-state index contributed by atoms with van der Waals surface area (Å²) >= 11 is 0. The lowest BCUT2D eigenvalue weighted by molar-refractivity contribution is -0.138. The quantitative estimate of drug-likeness (QED) is 0.547. The molecule has 1 aromatic carbocycles. The van der Waals surface area contributed by atoms with Gasteiger partial charge in [0.1, 0.15) is 6.42 Å². The summed E-state index contributed by atoms with van der Waals surface area (Å²) in [5, 5.41) is 26.6. The predicted molar refractivity (Wildman–Crippen MR) is 82.2 cm³/mol. The van der Waals surface area contributed by atoms with Crippen molar-refractivity contribution in [3.63, 3.8) is 0 Å². The zero-order valence-electron chi connectivity index (χ0n) is 13.1. The van der Waals surface area contributed by atoms with Crippen LogP contribution in [0.1, 0.15) is 11.4 Å². The number of rotatable bonds is 4. The first-order valence-corrected chi connectivity index (χ1v) is 7.35. The van der Waals surface area contributed by atoms with Crippen molar-refractivity contribution in [2.24, 2.45) is 0 Å². The Labute approximate surface area is 146 Å². The van der Waals surface area contributed by atoms with E-state index < -0.39 is 24.1 Å². The van der Waals surface area contributed by atoms with E-state index in [9.17, 15) is 18.0 Å². The van der Waals surface area contributed by atoms with Gasteiger partial charge in [-0.05, 0) is 28.5 Å². The molecule has 0 aliphatic carbocycles. The van der Waals surface area contributed by atoms with Crippen LogP contribution < -0.4 is 5.32 Å². The Morgan fingerprint density at radius 2 is 2.04 bits per heavy atom. The fourth-order valence-electron chi connectivity index (χ4n) is 2.48. The number of anilines is 2. The molecule has 0 saturated heterocycles. The van der Waals surface area contributed by atoms with Crippen molar-refractivity contribution in [3.8, 4) is 0 Å². The topological polar surface area (TPSA) is 131 Å². The van der Waals surface area contributed by atoms with E-state index in [-0.39, 0.29) is 34.3 Å². The Hall–Kier alpha value is -3.77. The fourth-order valence-corrected chi connectivity index (χ4v) is 2.48. The molecular weight excluding hydrogens is 371 g/mol. The molecule has 0 aliphatic rings. The summed E-state index contributed by atoms with van der Waals surface area (Å²) in [6.45, 7) is 0. The summed E-state index contributed by atoms with van der Waals surface area (Å²) in [5.74, 6) is -1.10. The molecule has 0 atom stereocenters. The van der Waals surface area contributed by atoms with Crippen molar-refractivity contribution >= 4 is 34.4 Å². The van der Waals surface area contributed by atoms with E-state index in [0.29, 0.717) is 0 Å². The van der Waals surface area contributed by atoms with Crippen LogP contribution in [0.2, 0.25) is 0 Å². The molecule has 0 saturated carbocycles. The number of carboxylic acids is 1. The number of hydrogen-bond donors (Lipinski definition) is 2. The van der Waals surface area contributed by atoms with Crippen LogP contribution in [0.4, 0.5) is 24.7 Å². The Kier molecular flexibility index (Phi) is 3.64. The number of carbonyl (C=O) groups is 1. The van der Waals surface area contributed by atoms with E-state index >= 15 is 0 Å². The van der Waals surface area contributed by atoms with Crippen molar-refractivity contribution in [2.75, 3.05) is 5.32 Å². The maximum absolute atomic E-state index is 12.9. The number of carboxylic acid groups (broad SMARTS) is 1. The molecule has 138 valence electrons. The molecule has 3 aromatic heterocycles. The minimum absolute atomic E-state index is 0.00316. The molecule has 3 heterocycles. The normalized spacial score (nSPS) is 12.0. The first-order valence-electron chi connectivity index (χ1n) is 7.35. The summed E-state index contributed by atoms with van der Waals surface area (Å²) in [6, 6.07) is 4.48. The second kappa shape index (κ2) is 5.89. The molecule has 27 heavy (non-hydrogen) atoms. The number of fused-ring (bicyclic) bond motifs is 3. The molecule has 0 unspecified atom stereocenters.